The van der Waals surface area contributed by atoms with Crippen molar-refractivity contribution >= 4 is 22.9 Å². The van der Waals surface area contributed by atoms with Gasteiger partial charge >= 0.3 is 0 Å². The Hall–Kier alpha value is -1.20. The molecule has 0 atom stereocenters. The number of hydrogen-bond acceptors (Lipinski definition) is 3. The first-order chi connectivity index (χ1) is 8.43. The SMILES string of the molecule is CC(C)OCCN(C)c1cccc(F)c1C(N)=S. The van der Waals surface area contributed by atoms with E-state index in [9.17, 15) is 4.39 Å². The average Bonchev–Trinajstić information content (AvgIpc) is 2.27. The fourth-order valence-electron chi connectivity index (χ4n) is 1.62. The van der Waals surface area contributed by atoms with E-state index in [1.54, 1.807) is 12.1 Å². The highest BCUT2D eigenvalue weighted by Crippen LogP contribution is 2.22. The monoisotopic (exact) mass is 270 g/mol. The molecule has 100 valence electrons. The van der Waals surface area contributed by atoms with Crippen LogP contribution in [-0.2, 0) is 4.74 Å². The van der Waals surface area contributed by atoms with Gasteiger partial charge in [0.05, 0.1) is 18.3 Å². The van der Waals surface area contributed by atoms with Crippen LogP contribution in [0.15, 0.2) is 18.2 Å². The van der Waals surface area contributed by atoms with Gasteiger partial charge in [0, 0.05) is 19.3 Å². The van der Waals surface area contributed by atoms with Crippen LogP contribution in [0.5, 0.6) is 0 Å². The summed E-state index contributed by atoms with van der Waals surface area (Å²) >= 11 is 4.89. The Bertz CT molecular complexity index is 423. The number of likely N-dealkylation sites (N-methyl/N-ethyl adjacent to an activating group) is 1. The van der Waals surface area contributed by atoms with Gasteiger partial charge in [-0.25, -0.2) is 4.39 Å². The minimum Gasteiger partial charge on any atom is -0.389 e. The summed E-state index contributed by atoms with van der Waals surface area (Å²) in [6, 6.07) is 4.80. The molecule has 0 spiro atoms. The van der Waals surface area contributed by atoms with E-state index in [0.29, 0.717) is 24.4 Å². The van der Waals surface area contributed by atoms with Crippen LogP contribution in [0, 0.1) is 5.82 Å². The van der Waals surface area contributed by atoms with Crippen LogP contribution in [0.25, 0.3) is 0 Å². The van der Waals surface area contributed by atoms with Crippen molar-refractivity contribution in [3.63, 3.8) is 0 Å². The number of ether oxygens (including phenoxy) is 1. The minimum absolute atomic E-state index is 0.0692. The lowest BCUT2D eigenvalue weighted by Crippen LogP contribution is -2.27. The van der Waals surface area contributed by atoms with Crippen LogP contribution in [0.3, 0.4) is 0 Å². The molecule has 0 saturated heterocycles. The summed E-state index contributed by atoms with van der Waals surface area (Å²) < 4.78 is 19.2. The van der Waals surface area contributed by atoms with Gasteiger partial charge < -0.3 is 15.4 Å². The van der Waals surface area contributed by atoms with Crippen molar-refractivity contribution in [1.29, 1.82) is 0 Å². The summed E-state index contributed by atoms with van der Waals surface area (Å²) in [5, 5.41) is 0. The molecule has 0 radical (unpaired) electrons. The van der Waals surface area contributed by atoms with E-state index in [-0.39, 0.29) is 11.1 Å². The molecule has 5 heteroatoms. The zero-order valence-electron chi connectivity index (χ0n) is 10.9. The summed E-state index contributed by atoms with van der Waals surface area (Å²) in [7, 11) is 1.86. The Kier molecular flexibility index (Phi) is 5.50. The molecule has 1 rings (SSSR count). The molecule has 0 amide bonds. The Morgan fingerprint density at radius 1 is 1.50 bits per heavy atom. The Labute approximate surface area is 113 Å². The van der Waals surface area contributed by atoms with E-state index in [1.807, 2.05) is 25.8 Å². The van der Waals surface area contributed by atoms with Gasteiger partial charge in [0.25, 0.3) is 0 Å². The third-order valence-electron chi connectivity index (χ3n) is 2.53. The Morgan fingerprint density at radius 2 is 2.17 bits per heavy atom. The normalized spacial score (nSPS) is 10.7. The van der Waals surface area contributed by atoms with Crippen LogP contribution in [0.1, 0.15) is 19.4 Å². The van der Waals surface area contributed by atoms with Gasteiger partial charge in [-0.2, -0.15) is 0 Å². The summed E-state index contributed by atoms with van der Waals surface area (Å²) in [6.07, 6.45) is 0.181. The van der Waals surface area contributed by atoms with Crippen molar-refractivity contribution in [2.75, 3.05) is 25.1 Å². The first-order valence-electron chi connectivity index (χ1n) is 5.84. The second-order valence-electron chi connectivity index (χ2n) is 4.34. The van der Waals surface area contributed by atoms with Gasteiger partial charge in [-0.1, -0.05) is 18.3 Å². The number of anilines is 1. The highest BCUT2D eigenvalue weighted by atomic mass is 32.1. The number of nitrogens with zero attached hydrogens (tertiary/aromatic N) is 1. The van der Waals surface area contributed by atoms with Crippen molar-refractivity contribution in [2.24, 2.45) is 5.73 Å². The predicted molar refractivity (Wildman–Crippen MR) is 76.6 cm³/mol. The number of halogens is 1. The summed E-state index contributed by atoms with van der Waals surface area (Å²) in [5.74, 6) is -0.392. The molecule has 0 heterocycles. The second-order valence-corrected chi connectivity index (χ2v) is 4.78. The molecule has 0 aromatic heterocycles. The fourth-order valence-corrected chi connectivity index (χ4v) is 1.82. The maximum absolute atomic E-state index is 13.7. The highest BCUT2D eigenvalue weighted by molar-refractivity contribution is 7.80. The van der Waals surface area contributed by atoms with Gasteiger partial charge in [0.1, 0.15) is 10.8 Å². The molecule has 0 unspecified atom stereocenters. The Balaban J connectivity index is 2.82. The van der Waals surface area contributed by atoms with E-state index in [1.165, 1.54) is 6.07 Å². The van der Waals surface area contributed by atoms with Gasteiger partial charge in [-0.3, -0.25) is 0 Å². The van der Waals surface area contributed by atoms with Gasteiger partial charge in [-0.05, 0) is 26.0 Å². The third kappa shape index (κ3) is 3.92. The smallest absolute Gasteiger partial charge is 0.135 e. The lowest BCUT2D eigenvalue weighted by Gasteiger charge is -2.22. The van der Waals surface area contributed by atoms with E-state index in [0.717, 1.165) is 0 Å². The number of rotatable bonds is 6. The van der Waals surface area contributed by atoms with Crippen LogP contribution >= 0.6 is 12.2 Å². The second kappa shape index (κ2) is 6.66. The van der Waals surface area contributed by atoms with Crippen molar-refractivity contribution in [3.8, 4) is 0 Å². The quantitative estimate of drug-likeness (QED) is 0.805. The predicted octanol–water partition coefficient (Wildman–Crippen LogP) is 2.32. The molecule has 3 nitrogen and oxygen atoms in total. The first kappa shape index (κ1) is 14.9. The van der Waals surface area contributed by atoms with Gasteiger partial charge in [0.15, 0.2) is 0 Å². The molecular formula is C13H19FN2OS. The third-order valence-corrected chi connectivity index (χ3v) is 2.73. The zero-order chi connectivity index (χ0) is 13.7. The largest absolute Gasteiger partial charge is 0.389 e. The molecular weight excluding hydrogens is 251 g/mol. The van der Waals surface area contributed by atoms with Crippen LogP contribution < -0.4 is 10.6 Å². The average molecular weight is 270 g/mol. The standard InChI is InChI=1S/C13H19FN2OS/c1-9(2)17-8-7-16(3)11-6-4-5-10(14)12(11)13(15)18/h4-6,9H,7-8H2,1-3H3,(H2,15,18). The number of hydrogen-bond donors (Lipinski definition) is 1. The van der Waals surface area contributed by atoms with Crippen molar-refractivity contribution in [3.05, 3.63) is 29.6 Å². The molecule has 0 aliphatic rings. The van der Waals surface area contributed by atoms with E-state index in [4.69, 9.17) is 22.7 Å². The fraction of sp³-hybridized carbons (Fsp3) is 0.462. The topological polar surface area (TPSA) is 38.5 Å². The van der Waals surface area contributed by atoms with Gasteiger partial charge in [0.2, 0.25) is 0 Å². The van der Waals surface area contributed by atoms with Crippen LogP contribution in [-0.4, -0.2) is 31.3 Å². The van der Waals surface area contributed by atoms with Crippen molar-refractivity contribution in [1.82, 2.24) is 0 Å². The Morgan fingerprint density at radius 3 is 2.72 bits per heavy atom. The number of benzene rings is 1. The van der Waals surface area contributed by atoms with Crippen LogP contribution in [0.4, 0.5) is 10.1 Å². The number of nitrogens with two attached hydrogens (primary N) is 1. The molecule has 0 bridgehead atoms. The van der Waals surface area contributed by atoms with Crippen molar-refractivity contribution in [2.45, 2.75) is 20.0 Å². The van der Waals surface area contributed by atoms with Crippen LogP contribution in [0.2, 0.25) is 0 Å². The molecule has 18 heavy (non-hydrogen) atoms. The minimum atomic E-state index is -0.392. The molecule has 1 aromatic rings. The first-order valence-corrected chi connectivity index (χ1v) is 6.25. The number of thiocarbonyl (C=S) groups is 1. The van der Waals surface area contributed by atoms with Crippen molar-refractivity contribution < 1.29 is 9.13 Å². The molecule has 0 aliphatic carbocycles. The maximum Gasteiger partial charge on any atom is 0.135 e. The lowest BCUT2D eigenvalue weighted by atomic mass is 10.1. The van der Waals surface area contributed by atoms with Gasteiger partial charge in [-0.15, -0.1) is 0 Å². The summed E-state index contributed by atoms with van der Waals surface area (Å²) in [5.41, 5.74) is 6.54. The molecule has 0 saturated carbocycles. The summed E-state index contributed by atoms with van der Waals surface area (Å²) in [6.45, 7) is 5.17. The molecule has 1 aromatic carbocycles. The van der Waals surface area contributed by atoms with E-state index in [2.05, 4.69) is 0 Å². The lowest BCUT2D eigenvalue weighted by molar-refractivity contribution is 0.0846. The van der Waals surface area contributed by atoms with E-state index < -0.39 is 5.82 Å². The van der Waals surface area contributed by atoms with E-state index >= 15 is 0 Å². The zero-order valence-corrected chi connectivity index (χ0v) is 11.8. The molecule has 0 fully saturated rings. The summed E-state index contributed by atoms with van der Waals surface area (Å²) in [4.78, 5) is 1.96. The maximum atomic E-state index is 13.7. The molecule has 0 aliphatic heterocycles. The highest BCUT2D eigenvalue weighted by Gasteiger charge is 2.14. The molecule has 2 N–H and O–H groups in total.